The number of ether oxygens (including phenoxy) is 1. The number of piperazine rings is 1. The topological polar surface area (TPSA) is 61.9 Å². The zero-order chi connectivity index (χ0) is 19.2. The highest BCUT2D eigenvalue weighted by molar-refractivity contribution is 5.79. The number of rotatable bonds is 6. The molecule has 144 valence electrons. The van der Waals surface area contributed by atoms with Crippen LogP contribution in [0.15, 0.2) is 24.3 Å². The zero-order valence-electron chi connectivity index (χ0n) is 16.4. The lowest BCUT2D eigenvalue weighted by molar-refractivity contribution is -0.135. The third-order valence-electron chi connectivity index (χ3n) is 4.51. The summed E-state index contributed by atoms with van der Waals surface area (Å²) in [6.45, 7) is 12.1. The maximum absolute atomic E-state index is 12.5. The molecule has 0 aliphatic carbocycles. The van der Waals surface area contributed by atoms with Crippen LogP contribution in [0.1, 0.15) is 33.3 Å². The van der Waals surface area contributed by atoms with Gasteiger partial charge in [-0.15, -0.1) is 0 Å². The van der Waals surface area contributed by atoms with E-state index in [9.17, 15) is 9.59 Å². The molecule has 1 aromatic rings. The van der Waals surface area contributed by atoms with E-state index in [1.807, 2.05) is 36.1 Å². The summed E-state index contributed by atoms with van der Waals surface area (Å²) in [4.78, 5) is 28.0. The SMILES string of the molecule is CCNC(=O)CN1CCN(C(=O)COc2ccccc2C(C)(C)C)CC1. The Bertz CT molecular complexity index is 617. The second-order valence-electron chi connectivity index (χ2n) is 7.65. The number of benzene rings is 1. The Labute approximate surface area is 156 Å². The molecule has 1 saturated heterocycles. The van der Waals surface area contributed by atoms with Gasteiger partial charge in [0, 0.05) is 32.7 Å². The van der Waals surface area contributed by atoms with Crippen molar-refractivity contribution in [3.8, 4) is 5.75 Å². The summed E-state index contributed by atoms with van der Waals surface area (Å²) < 4.78 is 5.83. The van der Waals surface area contributed by atoms with Crippen molar-refractivity contribution in [1.82, 2.24) is 15.1 Å². The molecule has 0 atom stereocenters. The van der Waals surface area contributed by atoms with Crippen LogP contribution in [-0.4, -0.2) is 67.5 Å². The largest absolute Gasteiger partial charge is 0.483 e. The highest BCUT2D eigenvalue weighted by atomic mass is 16.5. The maximum Gasteiger partial charge on any atom is 0.260 e. The van der Waals surface area contributed by atoms with Crippen LogP contribution < -0.4 is 10.1 Å². The van der Waals surface area contributed by atoms with Gasteiger partial charge in [-0.2, -0.15) is 0 Å². The third-order valence-corrected chi connectivity index (χ3v) is 4.51. The van der Waals surface area contributed by atoms with E-state index in [1.54, 1.807) is 0 Å². The van der Waals surface area contributed by atoms with Gasteiger partial charge >= 0.3 is 0 Å². The van der Waals surface area contributed by atoms with Crippen molar-refractivity contribution in [3.63, 3.8) is 0 Å². The maximum atomic E-state index is 12.5. The van der Waals surface area contributed by atoms with Gasteiger partial charge in [-0.1, -0.05) is 39.0 Å². The standard InChI is InChI=1S/C20H31N3O3/c1-5-21-18(24)14-22-10-12-23(13-11-22)19(25)15-26-17-9-7-6-8-16(17)20(2,3)4/h6-9H,5,10-15H2,1-4H3,(H,21,24). The van der Waals surface area contributed by atoms with Gasteiger partial charge in [0.05, 0.1) is 6.54 Å². The van der Waals surface area contributed by atoms with E-state index in [-0.39, 0.29) is 23.8 Å². The van der Waals surface area contributed by atoms with Gasteiger partial charge < -0.3 is 15.0 Å². The second kappa shape index (κ2) is 9.03. The molecule has 1 aromatic carbocycles. The average molecular weight is 361 g/mol. The van der Waals surface area contributed by atoms with Crippen molar-refractivity contribution < 1.29 is 14.3 Å². The number of hydrogen-bond donors (Lipinski definition) is 1. The molecule has 0 bridgehead atoms. The number of nitrogens with one attached hydrogen (secondary N) is 1. The molecule has 26 heavy (non-hydrogen) atoms. The van der Waals surface area contributed by atoms with Crippen molar-refractivity contribution in [2.75, 3.05) is 45.9 Å². The molecule has 1 fully saturated rings. The van der Waals surface area contributed by atoms with Gasteiger partial charge in [-0.3, -0.25) is 14.5 Å². The van der Waals surface area contributed by atoms with Crippen LogP contribution >= 0.6 is 0 Å². The zero-order valence-corrected chi connectivity index (χ0v) is 16.4. The van der Waals surface area contributed by atoms with E-state index >= 15 is 0 Å². The smallest absolute Gasteiger partial charge is 0.260 e. The van der Waals surface area contributed by atoms with E-state index < -0.39 is 0 Å². The minimum Gasteiger partial charge on any atom is -0.483 e. The minimum absolute atomic E-state index is 0.00799. The molecular formula is C20H31N3O3. The van der Waals surface area contributed by atoms with E-state index in [0.29, 0.717) is 39.3 Å². The Kier molecular flexibility index (Phi) is 7.03. The molecule has 6 nitrogen and oxygen atoms in total. The molecule has 0 aromatic heterocycles. The first-order valence-electron chi connectivity index (χ1n) is 9.30. The van der Waals surface area contributed by atoms with Crippen LogP contribution in [0.4, 0.5) is 0 Å². The number of carbonyl (C=O) groups excluding carboxylic acids is 2. The van der Waals surface area contributed by atoms with E-state index in [4.69, 9.17) is 4.74 Å². The third kappa shape index (κ3) is 5.73. The highest BCUT2D eigenvalue weighted by Crippen LogP contribution is 2.30. The minimum atomic E-state index is -0.0374. The predicted octanol–water partition coefficient (Wildman–Crippen LogP) is 1.64. The molecule has 0 unspecified atom stereocenters. The summed E-state index contributed by atoms with van der Waals surface area (Å²) in [5.74, 6) is 0.795. The average Bonchev–Trinajstić information content (AvgIpc) is 2.60. The molecule has 1 aliphatic heterocycles. The molecule has 1 N–H and O–H groups in total. The van der Waals surface area contributed by atoms with Crippen LogP contribution in [-0.2, 0) is 15.0 Å². The summed E-state index contributed by atoms with van der Waals surface area (Å²) in [6, 6.07) is 7.87. The lowest BCUT2D eigenvalue weighted by Gasteiger charge is -2.34. The number of amides is 2. The number of likely N-dealkylation sites (N-methyl/N-ethyl adjacent to an activating group) is 1. The molecule has 2 amide bonds. The first kappa shape index (κ1) is 20.2. The van der Waals surface area contributed by atoms with E-state index in [2.05, 4.69) is 31.0 Å². The van der Waals surface area contributed by atoms with Crippen molar-refractivity contribution >= 4 is 11.8 Å². The van der Waals surface area contributed by atoms with Gasteiger partial charge in [0.15, 0.2) is 6.61 Å². The van der Waals surface area contributed by atoms with Crippen LogP contribution in [0, 0.1) is 0 Å². The Morgan fingerprint density at radius 1 is 1.12 bits per heavy atom. The fourth-order valence-corrected chi connectivity index (χ4v) is 3.05. The Hall–Kier alpha value is -2.08. The number of para-hydroxylation sites is 1. The van der Waals surface area contributed by atoms with Crippen LogP contribution in [0.2, 0.25) is 0 Å². The fourth-order valence-electron chi connectivity index (χ4n) is 3.05. The van der Waals surface area contributed by atoms with Crippen molar-refractivity contribution in [2.24, 2.45) is 0 Å². The van der Waals surface area contributed by atoms with E-state index in [0.717, 1.165) is 11.3 Å². The highest BCUT2D eigenvalue weighted by Gasteiger charge is 2.24. The van der Waals surface area contributed by atoms with Gasteiger partial charge in [0.25, 0.3) is 5.91 Å². The summed E-state index contributed by atoms with van der Waals surface area (Å²) in [6.07, 6.45) is 0. The normalized spacial score (nSPS) is 15.6. The lowest BCUT2D eigenvalue weighted by atomic mass is 9.86. The molecule has 6 heteroatoms. The van der Waals surface area contributed by atoms with Gasteiger partial charge in [-0.05, 0) is 24.0 Å². The molecule has 2 rings (SSSR count). The quantitative estimate of drug-likeness (QED) is 0.837. The van der Waals surface area contributed by atoms with Crippen LogP contribution in [0.5, 0.6) is 5.75 Å². The summed E-state index contributed by atoms with van der Waals surface area (Å²) in [7, 11) is 0. The van der Waals surface area contributed by atoms with Crippen LogP contribution in [0.3, 0.4) is 0 Å². The van der Waals surface area contributed by atoms with Crippen LogP contribution in [0.25, 0.3) is 0 Å². The van der Waals surface area contributed by atoms with E-state index in [1.165, 1.54) is 0 Å². The summed E-state index contributed by atoms with van der Waals surface area (Å²) in [5.41, 5.74) is 1.06. The monoisotopic (exact) mass is 361 g/mol. The van der Waals surface area contributed by atoms with Crippen molar-refractivity contribution in [3.05, 3.63) is 29.8 Å². The Morgan fingerprint density at radius 2 is 1.77 bits per heavy atom. The lowest BCUT2D eigenvalue weighted by Crippen LogP contribution is -2.52. The number of carbonyl (C=O) groups is 2. The van der Waals surface area contributed by atoms with Crippen molar-refractivity contribution in [1.29, 1.82) is 0 Å². The Balaban J connectivity index is 1.82. The first-order chi connectivity index (χ1) is 12.3. The Morgan fingerprint density at radius 3 is 2.38 bits per heavy atom. The van der Waals surface area contributed by atoms with Gasteiger partial charge in [0.2, 0.25) is 5.91 Å². The number of nitrogens with zero attached hydrogens (tertiary/aromatic N) is 2. The number of hydrogen-bond acceptors (Lipinski definition) is 4. The summed E-state index contributed by atoms with van der Waals surface area (Å²) in [5, 5.41) is 2.80. The first-order valence-corrected chi connectivity index (χ1v) is 9.30. The second-order valence-corrected chi connectivity index (χ2v) is 7.65. The molecule has 1 aliphatic rings. The summed E-state index contributed by atoms with van der Waals surface area (Å²) >= 11 is 0. The van der Waals surface area contributed by atoms with Crippen molar-refractivity contribution in [2.45, 2.75) is 33.1 Å². The molecule has 0 radical (unpaired) electrons. The molecular weight excluding hydrogens is 330 g/mol. The molecule has 1 heterocycles. The fraction of sp³-hybridized carbons (Fsp3) is 0.600. The van der Waals surface area contributed by atoms with Gasteiger partial charge in [0.1, 0.15) is 5.75 Å². The predicted molar refractivity (Wildman–Crippen MR) is 102 cm³/mol. The van der Waals surface area contributed by atoms with Gasteiger partial charge in [-0.25, -0.2) is 0 Å². The molecule has 0 spiro atoms. The molecule has 0 saturated carbocycles.